The Bertz CT molecular complexity index is 142. The van der Waals surface area contributed by atoms with E-state index in [0.717, 1.165) is 6.04 Å². The van der Waals surface area contributed by atoms with Gasteiger partial charge in [0, 0.05) is 6.04 Å². The first-order valence-corrected chi connectivity index (χ1v) is 5.75. The summed E-state index contributed by atoms with van der Waals surface area (Å²) in [5.74, 6) is 0. The van der Waals surface area contributed by atoms with Crippen molar-refractivity contribution in [3.63, 3.8) is 0 Å². The van der Waals surface area contributed by atoms with E-state index in [2.05, 4.69) is 33.5 Å². The number of rotatable bonds is 1. The Morgan fingerprint density at radius 1 is 1.15 bits per heavy atom. The second-order valence-corrected chi connectivity index (χ2v) is 5.50. The molecule has 0 aromatic heterocycles. The summed E-state index contributed by atoms with van der Waals surface area (Å²) in [6.07, 6.45) is 5.56. The van der Waals surface area contributed by atoms with Crippen LogP contribution in [0, 0.1) is 0 Å². The SMILES string of the molecule is BC1(C)CCCN(C(C)C)CCC1. The molecule has 1 aliphatic rings. The van der Waals surface area contributed by atoms with Crippen molar-refractivity contribution in [1.82, 2.24) is 4.90 Å². The lowest BCUT2D eigenvalue weighted by Crippen LogP contribution is -2.35. The van der Waals surface area contributed by atoms with E-state index in [-0.39, 0.29) is 0 Å². The van der Waals surface area contributed by atoms with E-state index in [1.165, 1.54) is 38.8 Å². The van der Waals surface area contributed by atoms with E-state index in [0.29, 0.717) is 5.31 Å². The van der Waals surface area contributed by atoms with Crippen molar-refractivity contribution in [3.8, 4) is 0 Å². The van der Waals surface area contributed by atoms with Crippen LogP contribution in [0.1, 0.15) is 46.5 Å². The third-order valence-corrected chi connectivity index (χ3v) is 3.33. The smallest absolute Gasteiger partial charge is 0.109 e. The lowest BCUT2D eigenvalue weighted by atomic mass is 9.64. The molecule has 0 aliphatic carbocycles. The molecule has 1 heterocycles. The molecule has 0 amide bonds. The van der Waals surface area contributed by atoms with Gasteiger partial charge in [-0.05, 0) is 39.8 Å². The van der Waals surface area contributed by atoms with Crippen molar-refractivity contribution in [2.75, 3.05) is 13.1 Å². The first-order valence-electron chi connectivity index (χ1n) is 5.75. The molecule has 0 unspecified atom stereocenters. The molecule has 2 heteroatoms. The molecule has 0 aromatic carbocycles. The normalized spacial score (nSPS) is 25.5. The molecule has 1 nitrogen and oxygen atoms in total. The molecule has 0 atom stereocenters. The summed E-state index contributed by atoms with van der Waals surface area (Å²) in [6, 6.07) is 0.737. The summed E-state index contributed by atoms with van der Waals surface area (Å²) < 4.78 is 0. The maximum Gasteiger partial charge on any atom is 0.109 e. The molecule has 0 aromatic rings. The molecular weight excluding hydrogens is 157 g/mol. The third kappa shape index (κ3) is 3.72. The Hall–Kier alpha value is 0.0249. The second-order valence-electron chi connectivity index (χ2n) is 5.50. The van der Waals surface area contributed by atoms with Crippen LogP contribution >= 0.6 is 0 Å². The van der Waals surface area contributed by atoms with Gasteiger partial charge in [0.1, 0.15) is 7.85 Å². The predicted molar refractivity (Wildman–Crippen MR) is 62.1 cm³/mol. The van der Waals surface area contributed by atoms with Gasteiger partial charge in [0.05, 0.1) is 0 Å². The van der Waals surface area contributed by atoms with Gasteiger partial charge in [-0.3, -0.25) is 0 Å². The van der Waals surface area contributed by atoms with Gasteiger partial charge in [-0.1, -0.05) is 25.1 Å². The number of hydrogen-bond acceptors (Lipinski definition) is 1. The van der Waals surface area contributed by atoms with E-state index >= 15 is 0 Å². The van der Waals surface area contributed by atoms with E-state index < -0.39 is 0 Å². The van der Waals surface area contributed by atoms with Crippen LogP contribution in [0.2, 0.25) is 5.31 Å². The topological polar surface area (TPSA) is 3.24 Å². The van der Waals surface area contributed by atoms with Crippen molar-refractivity contribution in [3.05, 3.63) is 0 Å². The lowest BCUT2D eigenvalue weighted by molar-refractivity contribution is 0.192. The van der Waals surface area contributed by atoms with Crippen LogP contribution in [0.4, 0.5) is 0 Å². The summed E-state index contributed by atoms with van der Waals surface area (Å²) >= 11 is 0. The first-order chi connectivity index (χ1) is 6.01. The van der Waals surface area contributed by atoms with E-state index in [4.69, 9.17) is 0 Å². The molecule has 0 radical (unpaired) electrons. The van der Waals surface area contributed by atoms with E-state index in [1.807, 2.05) is 0 Å². The Labute approximate surface area is 84.3 Å². The van der Waals surface area contributed by atoms with Crippen LogP contribution in [0.3, 0.4) is 0 Å². The molecular formula is C11H24BN. The largest absolute Gasteiger partial charge is 0.301 e. The Balaban J connectivity index is 2.39. The highest BCUT2D eigenvalue weighted by atomic mass is 15.1. The predicted octanol–water partition coefficient (Wildman–Crippen LogP) is 2.08. The van der Waals surface area contributed by atoms with Crippen LogP contribution in [-0.4, -0.2) is 31.9 Å². The highest BCUT2D eigenvalue weighted by molar-refractivity contribution is 6.14. The monoisotopic (exact) mass is 181 g/mol. The van der Waals surface area contributed by atoms with Crippen molar-refractivity contribution >= 4 is 7.85 Å². The summed E-state index contributed by atoms with van der Waals surface area (Å²) in [4.78, 5) is 2.62. The molecule has 0 N–H and O–H groups in total. The van der Waals surface area contributed by atoms with Gasteiger partial charge in [-0.25, -0.2) is 0 Å². The molecule has 0 bridgehead atoms. The van der Waals surface area contributed by atoms with Crippen LogP contribution in [0.25, 0.3) is 0 Å². The summed E-state index contributed by atoms with van der Waals surface area (Å²) in [7, 11) is 2.41. The van der Waals surface area contributed by atoms with Crippen LogP contribution in [0.5, 0.6) is 0 Å². The zero-order valence-corrected chi connectivity index (χ0v) is 9.77. The Kier molecular flexibility index (Phi) is 3.84. The molecule has 1 saturated heterocycles. The van der Waals surface area contributed by atoms with Crippen molar-refractivity contribution < 1.29 is 0 Å². The number of nitrogens with zero attached hydrogens (tertiary/aromatic N) is 1. The highest BCUT2D eigenvalue weighted by Crippen LogP contribution is 2.34. The molecule has 1 rings (SSSR count). The van der Waals surface area contributed by atoms with Gasteiger partial charge >= 0.3 is 0 Å². The molecule has 76 valence electrons. The maximum absolute atomic E-state index is 2.62. The molecule has 13 heavy (non-hydrogen) atoms. The zero-order chi connectivity index (χ0) is 9.90. The van der Waals surface area contributed by atoms with Crippen LogP contribution < -0.4 is 0 Å². The molecule has 1 fully saturated rings. The van der Waals surface area contributed by atoms with Gasteiger partial charge in [0.25, 0.3) is 0 Å². The summed E-state index contributed by atoms with van der Waals surface area (Å²) in [5, 5.41) is 0.600. The van der Waals surface area contributed by atoms with Gasteiger partial charge < -0.3 is 4.90 Å². The maximum atomic E-state index is 2.62. The van der Waals surface area contributed by atoms with E-state index in [1.54, 1.807) is 0 Å². The number of hydrogen-bond donors (Lipinski definition) is 0. The van der Waals surface area contributed by atoms with Gasteiger partial charge in [-0.15, -0.1) is 0 Å². The third-order valence-electron chi connectivity index (χ3n) is 3.33. The zero-order valence-electron chi connectivity index (χ0n) is 9.77. The quantitative estimate of drug-likeness (QED) is 0.560. The van der Waals surface area contributed by atoms with Crippen molar-refractivity contribution in [2.24, 2.45) is 0 Å². The van der Waals surface area contributed by atoms with Crippen molar-refractivity contribution in [2.45, 2.75) is 57.8 Å². The fourth-order valence-electron chi connectivity index (χ4n) is 2.27. The van der Waals surface area contributed by atoms with Crippen molar-refractivity contribution in [1.29, 1.82) is 0 Å². The van der Waals surface area contributed by atoms with Gasteiger partial charge in [-0.2, -0.15) is 0 Å². The second kappa shape index (κ2) is 4.50. The van der Waals surface area contributed by atoms with Gasteiger partial charge in [0.15, 0.2) is 0 Å². The molecule has 0 spiro atoms. The average molecular weight is 181 g/mol. The van der Waals surface area contributed by atoms with Crippen LogP contribution in [0.15, 0.2) is 0 Å². The highest BCUT2D eigenvalue weighted by Gasteiger charge is 2.21. The molecule has 0 saturated carbocycles. The Morgan fingerprint density at radius 2 is 1.62 bits per heavy atom. The Morgan fingerprint density at radius 3 is 2.00 bits per heavy atom. The minimum absolute atomic E-state index is 0.600. The summed E-state index contributed by atoms with van der Waals surface area (Å²) in [6.45, 7) is 9.65. The lowest BCUT2D eigenvalue weighted by Gasteiger charge is -2.34. The average Bonchev–Trinajstić information content (AvgIpc) is 1.97. The van der Waals surface area contributed by atoms with E-state index in [9.17, 15) is 0 Å². The van der Waals surface area contributed by atoms with Crippen LogP contribution in [-0.2, 0) is 0 Å². The summed E-state index contributed by atoms with van der Waals surface area (Å²) in [5.41, 5.74) is 0. The fourth-order valence-corrected chi connectivity index (χ4v) is 2.27. The minimum Gasteiger partial charge on any atom is -0.301 e. The first kappa shape index (κ1) is 11.1. The fraction of sp³-hybridized carbons (Fsp3) is 1.00. The number of likely N-dealkylation sites (tertiary alicyclic amines) is 1. The minimum atomic E-state index is 0.600. The standard InChI is InChI=1S/C11H24BN/c1-10(2)13-8-4-6-11(3,12)7-5-9-13/h10H,4-9,12H2,1-3H3. The molecule has 1 aliphatic heterocycles. The van der Waals surface area contributed by atoms with Gasteiger partial charge in [0.2, 0.25) is 0 Å².